The first-order valence-electron chi connectivity index (χ1n) is 6.64. The minimum absolute atomic E-state index is 0.0795. The number of nitrogens with two attached hydrogens (primary N) is 1. The Balaban J connectivity index is 1.95. The Hall–Kier alpha value is -1.46. The lowest BCUT2D eigenvalue weighted by molar-refractivity contribution is 0.565. The van der Waals surface area contributed by atoms with Crippen molar-refractivity contribution in [3.8, 4) is 0 Å². The molecule has 1 aromatic heterocycles. The molecule has 0 spiro atoms. The van der Waals surface area contributed by atoms with Crippen LogP contribution >= 0.6 is 11.3 Å². The van der Waals surface area contributed by atoms with Gasteiger partial charge in [0.1, 0.15) is 17.3 Å². The highest BCUT2D eigenvalue weighted by Gasteiger charge is 2.32. The van der Waals surface area contributed by atoms with Gasteiger partial charge in [0.05, 0.1) is 0 Å². The quantitative estimate of drug-likeness (QED) is 0.912. The van der Waals surface area contributed by atoms with E-state index < -0.39 is 11.6 Å². The number of thiophene rings is 1. The third-order valence-corrected chi connectivity index (χ3v) is 4.25. The predicted octanol–water partition coefficient (Wildman–Crippen LogP) is 3.65. The van der Waals surface area contributed by atoms with E-state index in [1.165, 1.54) is 12.1 Å². The van der Waals surface area contributed by atoms with Crippen molar-refractivity contribution in [1.29, 1.82) is 0 Å². The van der Waals surface area contributed by atoms with Crippen LogP contribution in [0.4, 0.5) is 14.5 Å². The molecule has 5 heteroatoms. The Morgan fingerprint density at radius 3 is 2.40 bits per heavy atom. The number of anilines is 1. The number of hydrogen-bond acceptors (Lipinski definition) is 3. The van der Waals surface area contributed by atoms with Crippen molar-refractivity contribution in [2.75, 3.05) is 4.90 Å². The highest BCUT2D eigenvalue weighted by Crippen LogP contribution is 2.36. The van der Waals surface area contributed by atoms with E-state index in [0.717, 1.165) is 18.4 Å². The molecule has 0 atom stereocenters. The first-order chi connectivity index (χ1) is 9.69. The maximum atomic E-state index is 14.2. The Morgan fingerprint density at radius 1 is 1.20 bits per heavy atom. The molecule has 0 saturated heterocycles. The van der Waals surface area contributed by atoms with Crippen molar-refractivity contribution in [3.05, 3.63) is 51.7 Å². The molecule has 2 nitrogen and oxygen atoms in total. The molecule has 1 aliphatic carbocycles. The summed E-state index contributed by atoms with van der Waals surface area (Å²) in [7, 11) is 0. The summed E-state index contributed by atoms with van der Waals surface area (Å²) in [6, 6.07) is 4.90. The largest absolute Gasteiger partial charge is 0.359 e. The zero-order chi connectivity index (χ0) is 14.1. The topological polar surface area (TPSA) is 29.3 Å². The summed E-state index contributed by atoms with van der Waals surface area (Å²) in [6.45, 7) is 0.687. The van der Waals surface area contributed by atoms with Crippen LogP contribution in [0, 0.1) is 11.6 Å². The second kappa shape index (κ2) is 5.50. The van der Waals surface area contributed by atoms with Gasteiger partial charge in [-0.25, -0.2) is 8.78 Å². The second-order valence-corrected chi connectivity index (χ2v) is 5.88. The van der Waals surface area contributed by atoms with Crippen LogP contribution in [0.2, 0.25) is 0 Å². The summed E-state index contributed by atoms with van der Waals surface area (Å²) in [6.07, 6.45) is 1.98. The summed E-state index contributed by atoms with van der Waals surface area (Å²) >= 11 is 1.59. The van der Waals surface area contributed by atoms with Gasteiger partial charge in [-0.3, -0.25) is 0 Å². The fourth-order valence-electron chi connectivity index (χ4n) is 2.37. The van der Waals surface area contributed by atoms with E-state index in [4.69, 9.17) is 5.73 Å². The van der Waals surface area contributed by atoms with Gasteiger partial charge in [0.25, 0.3) is 0 Å². The van der Waals surface area contributed by atoms with Crippen LogP contribution in [0.5, 0.6) is 0 Å². The fraction of sp³-hybridized carbons (Fsp3) is 0.333. The molecule has 0 aliphatic heterocycles. The first-order valence-corrected chi connectivity index (χ1v) is 7.59. The summed E-state index contributed by atoms with van der Waals surface area (Å²) in [5, 5.41) is 3.99. The molecule has 2 N–H and O–H groups in total. The van der Waals surface area contributed by atoms with E-state index in [9.17, 15) is 8.78 Å². The van der Waals surface area contributed by atoms with Crippen molar-refractivity contribution >= 4 is 17.0 Å². The van der Waals surface area contributed by atoms with E-state index in [-0.39, 0.29) is 18.3 Å². The minimum atomic E-state index is -0.521. The zero-order valence-corrected chi connectivity index (χ0v) is 11.8. The molecule has 2 aromatic rings. The van der Waals surface area contributed by atoms with E-state index >= 15 is 0 Å². The van der Waals surface area contributed by atoms with E-state index in [1.807, 2.05) is 21.7 Å². The Morgan fingerprint density at radius 2 is 1.90 bits per heavy atom. The van der Waals surface area contributed by atoms with Crippen LogP contribution in [-0.4, -0.2) is 6.04 Å². The smallest absolute Gasteiger partial charge is 0.149 e. The molecule has 0 amide bonds. The van der Waals surface area contributed by atoms with Crippen LogP contribution in [0.3, 0.4) is 0 Å². The van der Waals surface area contributed by atoms with Crippen molar-refractivity contribution in [2.45, 2.75) is 32.0 Å². The SMILES string of the molecule is NCc1cc(F)c(N(Cc2ccsc2)C2CC2)c(F)c1. The average Bonchev–Trinajstić information content (AvgIpc) is 3.14. The van der Waals surface area contributed by atoms with Gasteiger partial charge in [0.2, 0.25) is 0 Å². The molecule has 20 heavy (non-hydrogen) atoms. The fourth-order valence-corrected chi connectivity index (χ4v) is 3.03. The van der Waals surface area contributed by atoms with E-state index in [2.05, 4.69) is 0 Å². The summed E-state index contributed by atoms with van der Waals surface area (Å²) < 4.78 is 28.5. The molecule has 1 aliphatic rings. The number of benzene rings is 1. The number of hydrogen-bond donors (Lipinski definition) is 1. The van der Waals surface area contributed by atoms with Gasteiger partial charge in [-0.1, -0.05) is 0 Å². The van der Waals surface area contributed by atoms with Gasteiger partial charge in [0.15, 0.2) is 0 Å². The Bertz CT molecular complexity index is 571. The Labute approximate surface area is 120 Å². The third kappa shape index (κ3) is 2.69. The van der Waals surface area contributed by atoms with Gasteiger partial charge >= 0.3 is 0 Å². The monoisotopic (exact) mass is 294 g/mol. The van der Waals surface area contributed by atoms with Crippen LogP contribution in [0.15, 0.2) is 29.0 Å². The number of halogens is 2. The molecular weight excluding hydrogens is 278 g/mol. The van der Waals surface area contributed by atoms with Gasteiger partial charge in [-0.2, -0.15) is 11.3 Å². The van der Waals surface area contributed by atoms with Crippen LogP contribution in [0.1, 0.15) is 24.0 Å². The molecule has 1 saturated carbocycles. The zero-order valence-electron chi connectivity index (χ0n) is 11.0. The van der Waals surface area contributed by atoms with Gasteiger partial charge in [0, 0.05) is 19.1 Å². The second-order valence-electron chi connectivity index (χ2n) is 5.10. The minimum Gasteiger partial charge on any atom is -0.359 e. The molecule has 106 valence electrons. The maximum Gasteiger partial charge on any atom is 0.149 e. The van der Waals surface area contributed by atoms with E-state index in [0.29, 0.717) is 12.1 Å². The third-order valence-electron chi connectivity index (χ3n) is 3.52. The summed E-state index contributed by atoms with van der Waals surface area (Å²) in [5.74, 6) is -1.04. The molecule has 0 radical (unpaired) electrons. The lowest BCUT2D eigenvalue weighted by Crippen LogP contribution is -2.27. The average molecular weight is 294 g/mol. The van der Waals surface area contributed by atoms with Crippen molar-refractivity contribution < 1.29 is 8.78 Å². The Kier molecular flexibility index (Phi) is 3.72. The van der Waals surface area contributed by atoms with Crippen LogP contribution in [-0.2, 0) is 13.1 Å². The predicted molar refractivity (Wildman–Crippen MR) is 77.8 cm³/mol. The van der Waals surface area contributed by atoms with E-state index in [1.54, 1.807) is 11.3 Å². The lowest BCUT2D eigenvalue weighted by atomic mass is 10.1. The molecule has 3 rings (SSSR count). The summed E-state index contributed by atoms with van der Waals surface area (Å²) in [4.78, 5) is 1.84. The molecule has 0 bridgehead atoms. The number of nitrogens with zero attached hydrogens (tertiary/aromatic N) is 1. The molecule has 1 fully saturated rings. The first kappa shape index (κ1) is 13.5. The molecule has 1 aromatic carbocycles. The molecule has 0 unspecified atom stereocenters. The van der Waals surface area contributed by atoms with Gasteiger partial charge in [-0.05, 0) is 52.9 Å². The normalized spacial score (nSPS) is 14.6. The number of rotatable bonds is 5. The van der Waals surface area contributed by atoms with Gasteiger partial charge in [-0.15, -0.1) is 0 Å². The lowest BCUT2D eigenvalue weighted by Gasteiger charge is -2.25. The highest BCUT2D eigenvalue weighted by molar-refractivity contribution is 7.07. The van der Waals surface area contributed by atoms with Crippen molar-refractivity contribution in [2.24, 2.45) is 5.73 Å². The van der Waals surface area contributed by atoms with Crippen LogP contribution < -0.4 is 10.6 Å². The van der Waals surface area contributed by atoms with Crippen LogP contribution in [0.25, 0.3) is 0 Å². The van der Waals surface area contributed by atoms with Crippen molar-refractivity contribution in [3.63, 3.8) is 0 Å². The molecule has 1 heterocycles. The standard InChI is InChI=1S/C15H16F2N2S/c16-13-5-11(7-18)6-14(17)15(13)19(12-1-2-12)8-10-3-4-20-9-10/h3-6,9,12H,1-2,7-8,18H2. The van der Waals surface area contributed by atoms with Crippen molar-refractivity contribution in [1.82, 2.24) is 0 Å². The molecular formula is C15H16F2N2S. The highest BCUT2D eigenvalue weighted by atomic mass is 32.1. The summed E-state index contributed by atoms with van der Waals surface area (Å²) in [5.41, 5.74) is 7.10. The van der Waals surface area contributed by atoms with Gasteiger partial charge < -0.3 is 10.6 Å². The maximum absolute atomic E-state index is 14.2.